The Hall–Kier alpha value is -2.01. The lowest BCUT2D eigenvalue weighted by Gasteiger charge is -2.14. The molecule has 1 N–H and O–H groups in total. The minimum Gasteiger partial charge on any atom is -0.297 e. The van der Waals surface area contributed by atoms with Gasteiger partial charge >= 0.3 is 0 Å². The second kappa shape index (κ2) is 6.83. The number of nitrogens with zero attached hydrogens (tertiary/aromatic N) is 2. The van der Waals surface area contributed by atoms with E-state index in [4.69, 9.17) is 0 Å². The van der Waals surface area contributed by atoms with Crippen LogP contribution in [0.25, 0.3) is 6.08 Å². The topological polar surface area (TPSA) is 54.9 Å². The van der Waals surface area contributed by atoms with Crippen LogP contribution in [-0.4, -0.2) is 16.1 Å². The van der Waals surface area contributed by atoms with E-state index in [0.29, 0.717) is 10.7 Å². The molecule has 22 heavy (non-hydrogen) atoms. The lowest BCUT2D eigenvalue weighted by atomic mass is 9.93. The zero-order valence-electron chi connectivity index (χ0n) is 13.4. The molecule has 0 spiro atoms. The van der Waals surface area contributed by atoms with E-state index in [0.717, 1.165) is 17.0 Å². The zero-order valence-corrected chi connectivity index (χ0v) is 14.2. The lowest BCUT2D eigenvalue weighted by Crippen LogP contribution is -2.12. The first-order chi connectivity index (χ1) is 10.3. The van der Waals surface area contributed by atoms with E-state index in [9.17, 15) is 4.79 Å². The largest absolute Gasteiger partial charge is 0.297 e. The highest BCUT2D eigenvalue weighted by atomic mass is 32.1. The molecular weight excluding hydrogens is 294 g/mol. The van der Waals surface area contributed by atoms with Crippen LogP contribution in [-0.2, 0) is 11.2 Å². The van der Waals surface area contributed by atoms with Crippen molar-refractivity contribution in [2.45, 2.75) is 34.1 Å². The maximum absolute atomic E-state index is 12.2. The summed E-state index contributed by atoms with van der Waals surface area (Å²) < 4.78 is 0. The number of amides is 1. The van der Waals surface area contributed by atoms with Gasteiger partial charge in [0, 0.05) is 12.0 Å². The van der Waals surface area contributed by atoms with E-state index < -0.39 is 0 Å². The molecule has 1 aromatic heterocycles. The molecule has 2 aromatic rings. The van der Waals surface area contributed by atoms with Gasteiger partial charge in [-0.2, -0.15) is 0 Å². The number of anilines is 1. The fourth-order valence-electron chi connectivity index (χ4n) is 1.89. The summed E-state index contributed by atoms with van der Waals surface area (Å²) in [6, 6.07) is 9.76. The minimum atomic E-state index is -0.151. The fourth-order valence-corrected chi connectivity index (χ4v) is 2.93. The van der Waals surface area contributed by atoms with Crippen molar-refractivity contribution < 1.29 is 4.79 Å². The van der Waals surface area contributed by atoms with Gasteiger partial charge in [-0.15, -0.1) is 10.2 Å². The number of carbonyl (C=O) groups is 1. The van der Waals surface area contributed by atoms with Crippen molar-refractivity contribution >= 4 is 28.5 Å². The third-order valence-electron chi connectivity index (χ3n) is 2.91. The molecule has 0 fully saturated rings. The molecule has 0 bridgehead atoms. The first-order valence-electron chi connectivity index (χ1n) is 7.20. The molecule has 2 rings (SSSR count). The van der Waals surface area contributed by atoms with E-state index >= 15 is 0 Å². The van der Waals surface area contributed by atoms with Gasteiger partial charge in [0.05, 0.1) is 0 Å². The van der Waals surface area contributed by atoms with E-state index in [-0.39, 0.29) is 11.3 Å². The number of carbonyl (C=O) groups excluding carboxylic acids is 1. The summed E-state index contributed by atoms with van der Waals surface area (Å²) in [5.41, 5.74) is 1.80. The molecule has 116 valence electrons. The summed E-state index contributed by atoms with van der Waals surface area (Å²) in [4.78, 5) is 12.2. The number of benzene rings is 1. The highest BCUT2D eigenvalue weighted by Gasteiger charge is 2.16. The Morgan fingerprint density at radius 2 is 1.91 bits per heavy atom. The molecule has 0 unspecified atom stereocenters. The first-order valence-corrected chi connectivity index (χ1v) is 8.02. The third kappa shape index (κ3) is 5.07. The van der Waals surface area contributed by atoms with E-state index in [1.807, 2.05) is 36.4 Å². The van der Waals surface area contributed by atoms with Gasteiger partial charge in [0.1, 0.15) is 5.01 Å². The standard InChI is InChI=1S/C17H21N3OS/c1-12(10-13-8-6-5-7-9-13)15(21)18-16-20-19-14(22-16)11-17(2,3)4/h5-10H,11H2,1-4H3,(H,18,20,21)/b12-10+. The van der Waals surface area contributed by atoms with Crippen molar-refractivity contribution in [3.63, 3.8) is 0 Å². The molecule has 5 heteroatoms. The van der Waals surface area contributed by atoms with Crippen LogP contribution in [0.3, 0.4) is 0 Å². The van der Waals surface area contributed by atoms with Gasteiger partial charge in [-0.25, -0.2) is 0 Å². The predicted octanol–water partition coefficient (Wildman–Crippen LogP) is 4.17. The average molecular weight is 315 g/mol. The molecule has 0 radical (unpaired) electrons. The molecule has 0 saturated carbocycles. The molecule has 0 saturated heterocycles. The van der Waals surface area contributed by atoms with Crippen LogP contribution >= 0.6 is 11.3 Å². The van der Waals surface area contributed by atoms with Crippen LogP contribution in [0.2, 0.25) is 0 Å². The van der Waals surface area contributed by atoms with Crippen LogP contribution in [0.4, 0.5) is 5.13 Å². The summed E-state index contributed by atoms with van der Waals surface area (Å²) in [6.07, 6.45) is 2.70. The number of hydrogen-bond acceptors (Lipinski definition) is 4. The number of nitrogens with one attached hydrogen (secondary N) is 1. The third-order valence-corrected chi connectivity index (χ3v) is 3.75. The molecule has 0 aliphatic carbocycles. The highest BCUT2D eigenvalue weighted by Crippen LogP contribution is 2.25. The van der Waals surface area contributed by atoms with E-state index in [1.165, 1.54) is 11.3 Å². The van der Waals surface area contributed by atoms with Gasteiger partial charge in [-0.3, -0.25) is 10.1 Å². The summed E-state index contributed by atoms with van der Waals surface area (Å²) in [6.45, 7) is 8.25. The molecule has 1 amide bonds. The van der Waals surface area contributed by atoms with Crippen LogP contribution in [0.15, 0.2) is 35.9 Å². The van der Waals surface area contributed by atoms with Crippen LogP contribution in [0.1, 0.15) is 38.3 Å². The maximum atomic E-state index is 12.2. The van der Waals surface area contributed by atoms with Crippen molar-refractivity contribution in [3.05, 3.63) is 46.5 Å². The van der Waals surface area contributed by atoms with Crippen LogP contribution in [0.5, 0.6) is 0 Å². The number of hydrogen-bond donors (Lipinski definition) is 1. The number of aromatic nitrogens is 2. The van der Waals surface area contributed by atoms with Crippen molar-refractivity contribution in [2.24, 2.45) is 5.41 Å². The van der Waals surface area contributed by atoms with Crippen molar-refractivity contribution in [3.8, 4) is 0 Å². The van der Waals surface area contributed by atoms with Crippen LogP contribution in [0, 0.1) is 5.41 Å². The van der Waals surface area contributed by atoms with Crippen molar-refractivity contribution in [2.75, 3.05) is 5.32 Å². The molecule has 1 heterocycles. The van der Waals surface area contributed by atoms with Gasteiger partial charge < -0.3 is 0 Å². The molecule has 4 nitrogen and oxygen atoms in total. The Bertz CT molecular complexity index is 669. The summed E-state index contributed by atoms with van der Waals surface area (Å²) in [7, 11) is 0. The quantitative estimate of drug-likeness (QED) is 0.862. The van der Waals surface area contributed by atoms with Gasteiger partial charge in [-0.05, 0) is 24.0 Å². The molecule has 0 aliphatic heterocycles. The monoisotopic (exact) mass is 315 g/mol. The molecule has 0 aliphatic rings. The average Bonchev–Trinajstić information content (AvgIpc) is 2.84. The fraction of sp³-hybridized carbons (Fsp3) is 0.353. The lowest BCUT2D eigenvalue weighted by molar-refractivity contribution is -0.112. The Balaban J connectivity index is 2.01. The first kappa shape index (κ1) is 16.4. The maximum Gasteiger partial charge on any atom is 0.253 e. The van der Waals surface area contributed by atoms with E-state index in [2.05, 4.69) is 36.3 Å². The highest BCUT2D eigenvalue weighted by molar-refractivity contribution is 7.15. The SMILES string of the molecule is C/C(=C\c1ccccc1)C(=O)Nc1nnc(CC(C)(C)C)s1. The smallest absolute Gasteiger partial charge is 0.253 e. The summed E-state index contributed by atoms with van der Waals surface area (Å²) >= 11 is 1.43. The molecule has 0 atom stereocenters. The molecular formula is C17H21N3OS. The Morgan fingerprint density at radius 1 is 1.23 bits per heavy atom. The van der Waals surface area contributed by atoms with Gasteiger partial charge in [0.15, 0.2) is 0 Å². The Kier molecular flexibility index (Phi) is 5.08. The predicted molar refractivity (Wildman–Crippen MR) is 91.8 cm³/mol. The van der Waals surface area contributed by atoms with Gasteiger partial charge in [0.2, 0.25) is 5.13 Å². The Morgan fingerprint density at radius 3 is 2.55 bits per heavy atom. The van der Waals surface area contributed by atoms with E-state index in [1.54, 1.807) is 6.92 Å². The van der Waals surface area contributed by atoms with Crippen molar-refractivity contribution in [1.82, 2.24) is 10.2 Å². The van der Waals surface area contributed by atoms with Gasteiger partial charge in [0.25, 0.3) is 5.91 Å². The van der Waals surface area contributed by atoms with Gasteiger partial charge in [-0.1, -0.05) is 62.4 Å². The zero-order chi connectivity index (χ0) is 16.2. The summed E-state index contributed by atoms with van der Waals surface area (Å²) in [5.74, 6) is -0.151. The number of rotatable bonds is 4. The van der Waals surface area contributed by atoms with Crippen molar-refractivity contribution in [1.29, 1.82) is 0 Å². The minimum absolute atomic E-state index is 0.151. The second-order valence-electron chi connectivity index (χ2n) is 6.43. The Labute approximate surface area is 135 Å². The van der Waals surface area contributed by atoms with Crippen LogP contribution < -0.4 is 5.32 Å². The molecule has 1 aromatic carbocycles. The second-order valence-corrected chi connectivity index (χ2v) is 7.49. The normalized spacial score (nSPS) is 12.3. The summed E-state index contributed by atoms with van der Waals surface area (Å²) in [5, 5.41) is 12.5.